The highest BCUT2D eigenvalue weighted by Crippen LogP contribution is 2.27. The van der Waals surface area contributed by atoms with Crippen LogP contribution >= 0.6 is 23.2 Å². The van der Waals surface area contributed by atoms with Crippen molar-refractivity contribution >= 4 is 39.1 Å². The molecule has 162 valence electrons. The molecule has 3 rings (SSSR count). The van der Waals surface area contributed by atoms with E-state index >= 15 is 0 Å². The average Bonchev–Trinajstić information content (AvgIpc) is 2.74. The Morgan fingerprint density at radius 2 is 1.93 bits per heavy atom. The van der Waals surface area contributed by atoms with E-state index in [0.717, 1.165) is 12.0 Å². The Hall–Kier alpha value is -1.60. The van der Waals surface area contributed by atoms with Crippen molar-refractivity contribution in [2.45, 2.75) is 38.0 Å². The Morgan fingerprint density at radius 1 is 1.20 bits per heavy atom. The number of carbonyl (C=O) groups is 1. The number of halogens is 2. The summed E-state index contributed by atoms with van der Waals surface area (Å²) in [4.78, 5) is 12.9. The van der Waals surface area contributed by atoms with Gasteiger partial charge >= 0.3 is 0 Å². The van der Waals surface area contributed by atoms with Crippen LogP contribution in [-0.4, -0.2) is 31.7 Å². The normalized spacial score (nSPS) is 18.7. The van der Waals surface area contributed by atoms with Gasteiger partial charge in [0.2, 0.25) is 15.9 Å². The van der Waals surface area contributed by atoms with Gasteiger partial charge < -0.3 is 5.32 Å². The first-order valence-electron chi connectivity index (χ1n) is 10.1. The monoisotopic (exact) mass is 468 g/mol. The molecule has 0 spiro atoms. The summed E-state index contributed by atoms with van der Waals surface area (Å²) in [6.45, 7) is 2.61. The van der Waals surface area contributed by atoms with Gasteiger partial charge in [0.1, 0.15) is 0 Å². The van der Waals surface area contributed by atoms with Crippen LogP contribution in [0.3, 0.4) is 0 Å². The molecule has 8 heteroatoms. The van der Waals surface area contributed by atoms with Crippen molar-refractivity contribution < 1.29 is 13.2 Å². The summed E-state index contributed by atoms with van der Waals surface area (Å²) in [5.74, 6) is -0.680. The van der Waals surface area contributed by atoms with E-state index in [2.05, 4.69) is 5.32 Å². The van der Waals surface area contributed by atoms with Crippen LogP contribution in [-0.2, 0) is 20.6 Å². The van der Waals surface area contributed by atoms with Crippen LogP contribution in [0.5, 0.6) is 0 Å². The Labute approximate surface area is 188 Å². The first kappa shape index (κ1) is 23.1. The molecule has 1 heterocycles. The van der Waals surface area contributed by atoms with Gasteiger partial charge in [-0.15, -0.1) is 0 Å². The lowest BCUT2D eigenvalue weighted by Crippen LogP contribution is -2.46. The highest BCUT2D eigenvalue weighted by molar-refractivity contribution is 7.88. The molecule has 1 N–H and O–H groups in total. The molecule has 1 aliphatic rings. The van der Waals surface area contributed by atoms with Gasteiger partial charge in [-0.05, 0) is 42.5 Å². The summed E-state index contributed by atoms with van der Waals surface area (Å²) in [7, 11) is -3.60. The number of benzene rings is 2. The largest absolute Gasteiger partial charge is 0.349 e. The number of nitrogens with zero attached hydrogens (tertiary/aromatic N) is 1. The number of rotatable bonds is 7. The molecule has 0 saturated carbocycles. The molecular formula is C22H26Cl2N2O3S. The van der Waals surface area contributed by atoms with Gasteiger partial charge in [-0.3, -0.25) is 4.79 Å². The zero-order valence-electron chi connectivity index (χ0n) is 16.9. The SMILES string of the molecule is CC[C@@H](NC(=O)[C@H]1CCCN(S(=O)(=O)Cc2ccc(Cl)cc2Cl)C1)c1ccccc1. The molecule has 0 unspecified atom stereocenters. The lowest BCUT2D eigenvalue weighted by atomic mass is 9.97. The van der Waals surface area contributed by atoms with E-state index in [-0.39, 0.29) is 30.2 Å². The lowest BCUT2D eigenvalue weighted by Gasteiger charge is -2.32. The van der Waals surface area contributed by atoms with Crippen molar-refractivity contribution in [2.75, 3.05) is 13.1 Å². The van der Waals surface area contributed by atoms with E-state index in [9.17, 15) is 13.2 Å². The summed E-state index contributed by atoms with van der Waals surface area (Å²) in [6, 6.07) is 14.5. The number of hydrogen-bond donors (Lipinski definition) is 1. The standard InChI is InChI=1S/C22H26Cl2N2O3S/c1-2-21(16-7-4-3-5-8-16)25-22(27)17-9-6-12-26(14-17)30(28,29)15-18-10-11-19(23)13-20(18)24/h3-5,7-8,10-11,13,17,21H,2,6,9,12,14-15H2,1H3,(H,25,27)/t17-,21+/m0/s1. The molecular weight excluding hydrogens is 443 g/mol. The van der Waals surface area contributed by atoms with Crippen LogP contribution < -0.4 is 5.32 Å². The van der Waals surface area contributed by atoms with E-state index in [1.165, 1.54) is 10.4 Å². The molecule has 5 nitrogen and oxygen atoms in total. The van der Waals surface area contributed by atoms with Crippen LogP contribution in [0.4, 0.5) is 0 Å². The van der Waals surface area contributed by atoms with E-state index in [1.807, 2.05) is 37.3 Å². The van der Waals surface area contributed by atoms with Gasteiger partial charge in [0.15, 0.2) is 0 Å². The highest BCUT2D eigenvalue weighted by atomic mass is 35.5. The highest BCUT2D eigenvalue weighted by Gasteiger charge is 2.33. The van der Waals surface area contributed by atoms with Crippen molar-refractivity contribution in [1.29, 1.82) is 0 Å². The van der Waals surface area contributed by atoms with E-state index in [0.29, 0.717) is 35.0 Å². The minimum Gasteiger partial charge on any atom is -0.349 e. The quantitative estimate of drug-likeness (QED) is 0.634. The van der Waals surface area contributed by atoms with Crippen LogP contribution in [0.15, 0.2) is 48.5 Å². The number of carbonyl (C=O) groups excluding carboxylic acids is 1. The maximum absolute atomic E-state index is 13.0. The first-order chi connectivity index (χ1) is 14.3. The molecule has 0 bridgehead atoms. The maximum atomic E-state index is 13.0. The molecule has 1 aliphatic heterocycles. The molecule has 0 aliphatic carbocycles. The molecule has 2 atom stereocenters. The van der Waals surface area contributed by atoms with Crippen molar-refractivity contribution in [3.8, 4) is 0 Å². The van der Waals surface area contributed by atoms with E-state index in [4.69, 9.17) is 23.2 Å². The van der Waals surface area contributed by atoms with Gasteiger partial charge in [0.05, 0.1) is 17.7 Å². The third-order valence-electron chi connectivity index (χ3n) is 5.43. The number of amides is 1. The topological polar surface area (TPSA) is 66.5 Å². The Morgan fingerprint density at radius 3 is 2.60 bits per heavy atom. The molecule has 1 fully saturated rings. The number of sulfonamides is 1. The van der Waals surface area contributed by atoms with Gasteiger partial charge in [-0.1, -0.05) is 66.5 Å². The lowest BCUT2D eigenvalue weighted by molar-refractivity contribution is -0.126. The van der Waals surface area contributed by atoms with Crippen molar-refractivity contribution in [3.05, 3.63) is 69.7 Å². The van der Waals surface area contributed by atoms with E-state index < -0.39 is 10.0 Å². The minimum atomic E-state index is -3.60. The molecule has 2 aromatic rings. The van der Waals surface area contributed by atoms with Gasteiger partial charge in [0, 0.05) is 23.1 Å². The van der Waals surface area contributed by atoms with Gasteiger partial charge in [0.25, 0.3) is 0 Å². The zero-order chi connectivity index (χ0) is 21.7. The third-order valence-corrected chi connectivity index (χ3v) is 7.81. The fourth-order valence-corrected chi connectivity index (χ4v) is 5.93. The fourth-order valence-electron chi connectivity index (χ4n) is 3.73. The predicted molar refractivity (Wildman–Crippen MR) is 121 cm³/mol. The van der Waals surface area contributed by atoms with Gasteiger partial charge in [-0.2, -0.15) is 0 Å². The average molecular weight is 469 g/mol. The second-order valence-corrected chi connectivity index (χ2v) is 10.4. The summed E-state index contributed by atoms with van der Waals surface area (Å²) < 4.78 is 27.3. The van der Waals surface area contributed by atoms with Crippen LogP contribution in [0, 0.1) is 5.92 Å². The van der Waals surface area contributed by atoms with Crippen molar-refractivity contribution in [2.24, 2.45) is 5.92 Å². The number of piperidine rings is 1. The summed E-state index contributed by atoms with van der Waals surface area (Å²) >= 11 is 12.1. The summed E-state index contributed by atoms with van der Waals surface area (Å²) in [5, 5.41) is 3.88. The molecule has 0 radical (unpaired) electrons. The molecule has 2 aromatic carbocycles. The first-order valence-corrected chi connectivity index (χ1v) is 12.4. The second-order valence-electron chi connectivity index (χ2n) is 7.57. The smallest absolute Gasteiger partial charge is 0.224 e. The maximum Gasteiger partial charge on any atom is 0.224 e. The molecule has 0 aromatic heterocycles. The van der Waals surface area contributed by atoms with Crippen molar-refractivity contribution in [3.63, 3.8) is 0 Å². The minimum absolute atomic E-state index is 0.0847. The molecule has 1 saturated heterocycles. The van der Waals surface area contributed by atoms with Crippen LogP contribution in [0.1, 0.15) is 43.4 Å². The van der Waals surface area contributed by atoms with Crippen LogP contribution in [0.25, 0.3) is 0 Å². The van der Waals surface area contributed by atoms with E-state index in [1.54, 1.807) is 12.1 Å². The van der Waals surface area contributed by atoms with Crippen LogP contribution in [0.2, 0.25) is 10.0 Å². The summed E-state index contributed by atoms with van der Waals surface area (Å²) in [6.07, 6.45) is 2.08. The third kappa shape index (κ3) is 5.76. The predicted octanol–water partition coefficient (Wildman–Crippen LogP) is 4.80. The Kier molecular flexibility index (Phi) is 7.80. The Balaban J connectivity index is 1.67. The number of nitrogens with one attached hydrogen (secondary N) is 1. The molecule has 1 amide bonds. The Bertz CT molecular complexity index is 983. The molecule has 30 heavy (non-hydrogen) atoms. The summed E-state index contributed by atoms with van der Waals surface area (Å²) in [5.41, 5.74) is 1.55. The van der Waals surface area contributed by atoms with Crippen molar-refractivity contribution in [1.82, 2.24) is 9.62 Å². The second kappa shape index (κ2) is 10.1. The zero-order valence-corrected chi connectivity index (χ0v) is 19.2. The number of hydrogen-bond acceptors (Lipinski definition) is 3. The fraction of sp³-hybridized carbons (Fsp3) is 0.409. The van der Waals surface area contributed by atoms with Gasteiger partial charge in [-0.25, -0.2) is 12.7 Å².